The Hall–Kier alpha value is -1.82. The highest BCUT2D eigenvalue weighted by atomic mass is 79.9. The summed E-state index contributed by atoms with van der Waals surface area (Å²) >= 11 is 3.47. The third-order valence-corrected chi connectivity index (χ3v) is 4.92. The Balaban J connectivity index is 1.95. The minimum atomic E-state index is -0.428. The normalized spacial score (nSPS) is 15.8. The summed E-state index contributed by atoms with van der Waals surface area (Å²) in [6, 6.07) is 5.77. The molecule has 3 rings (SSSR count). The van der Waals surface area contributed by atoms with Crippen LogP contribution in [0.3, 0.4) is 0 Å². The zero-order chi connectivity index (χ0) is 17.6. The quantitative estimate of drug-likeness (QED) is 0.786. The Bertz CT molecular complexity index is 811. The van der Waals surface area contributed by atoms with Gasteiger partial charge in [-0.3, -0.25) is 9.48 Å². The van der Waals surface area contributed by atoms with E-state index in [1.165, 1.54) is 0 Å². The number of rotatable bonds is 2. The predicted molar refractivity (Wildman–Crippen MR) is 97.6 cm³/mol. The molecule has 6 heteroatoms. The minimum absolute atomic E-state index is 0.0640. The molecule has 0 N–H and O–H groups in total. The molecular formula is C18H22BrN3O2. The average Bonchev–Trinajstić information content (AvgIpc) is 2.71. The number of ether oxygens (including phenoxy) is 1. The molecule has 0 spiro atoms. The van der Waals surface area contributed by atoms with Crippen molar-refractivity contribution in [2.24, 2.45) is 7.05 Å². The molecule has 0 atom stereocenters. The zero-order valence-electron chi connectivity index (χ0n) is 14.7. The Labute approximate surface area is 150 Å². The molecule has 1 amide bonds. The van der Waals surface area contributed by atoms with Gasteiger partial charge in [-0.1, -0.05) is 15.9 Å². The van der Waals surface area contributed by atoms with Gasteiger partial charge in [0.25, 0.3) is 0 Å². The average molecular weight is 392 g/mol. The van der Waals surface area contributed by atoms with E-state index in [2.05, 4.69) is 21.0 Å². The molecule has 0 bridgehead atoms. The van der Waals surface area contributed by atoms with Crippen LogP contribution in [0.1, 0.15) is 30.8 Å². The van der Waals surface area contributed by atoms with E-state index >= 15 is 0 Å². The lowest BCUT2D eigenvalue weighted by Gasteiger charge is -2.39. The SMILES string of the molecule is Cc1nn(C)c(C)c1CC(=O)N1CC(C)(C)Oc2cc(Br)ccc21. The fourth-order valence-corrected chi connectivity index (χ4v) is 3.47. The van der Waals surface area contributed by atoms with Crippen molar-refractivity contribution in [3.05, 3.63) is 39.6 Å². The number of nitrogens with zero attached hydrogens (tertiary/aromatic N) is 3. The largest absolute Gasteiger partial charge is 0.484 e. The third-order valence-electron chi connectivity index (χ3n) is 4.43. The summed E-state index contributed by atoms with van der Waals surface area (Å²) in [7, 11) is 1.90. The molecule has 1 aromatic heterocycles. The first-order valence-corrected chi connectivity index (χ1v) is 8.75. The number of anilines is 1. The second-order valence-electron chi connectivity index (χ2n) is 6.90. The van der Waals surface area contributed by atoms with Gasteiger partial charge in [-0.05, 0) is 45.9 Å². The Morgan fingerprint density at radius 2 is 2.08 bits per heavy atom. The van der Waals surface area contributed by atoms with E-state index < -0.39 is 5.60 Å². The van der Waals surface area contributed by atoms with Gasteiger partial charge in [0.15, 0.2) is 0 Å². The standard InChI is InChI=1S/C18H22BrN3O2/c1-11-14(12(2)21(5)20-11)9-17(23)22-10-18(3,4)24-16-8-13(19)6-7-15(16)22/h6-8H,9-10H2,1-5H3. The van der Waals surface area contributed by atoms with Crippen LogP contribution in [0.15, 0.2) is 22.7 Å². The van der Waals surface area contributed by atoms with Gasteiger partial charge in [-0.15, -0.1) is 0 Å². The third kappa shape index (κ3) is 3.07. The van der Waals surface area contributed by atoms with Crippen LogP contribution in [0.25, 0.3) is 0 Å². The van der Waals surface area contributed by atoms with Crippen molar-refractivity contribution >= 4 is 27.5 Å². The molecule has 0 radical (unpaired) electrons. The van der Waals surface area contributed by atoms with Gasteiger partial charge in [0.05, 0.1) is 24.3 Å². The summed E-state index contributed by atoms with van der Waals surface area (Å²) in [4.78, 5) is 14.9. The zero-order valence-corrected chi connectivity index (χ0v) is 16.3. The molecule has 2 aromatic rings. The van der Waals surface area contributed by atoms with E-state index in [0.29, 0.717) is 13.0 Å². The topological polar surface area (TPSA) is 47.4 Å². The number of carbonyl (C=O) groups is 1. The number of halogens is 1. The van der Waals surface area contributed by atoms with Crippen molar-refractivity contribution in [1.29, 1.82) is 0 Å². The lowest BCUT2D eigenvalue weighted by molar-refractivity contribution is -0.118. The number of hydrogen-bond donors (Lipinski definition) is 0. The summed E-state index contributed by atoms with van der Waals surface area (Å²) in [5.41, 5.74) is 3.34. The number of amides is 1. The van der Waals surface area contributed by atoms with Crippen LogP contribution in [0.5, 0.6) is 5.75 Å². The first kappa shape index (κ1) is 17.0. The first-order valence-electron chi connectivity index (χ1n) is 7.96. The van der Waals surface area contributed by atoms with E-state index in [0.717, 1.165) is 32.9 Å². The summed E-state index contributed by atoms with van der Waals surface area (Å²) in [5.74, 6) is 0.794. The van der Waals surface area contributed by atoms with E-state index in [1.807, 2.05) is 62.5 Å². The number of aryl methyl sites for hydroxylation is 2. The Morgan fingerprint density at radius 1 is 1.38 bits per heavy atom. The van der Waals surface area contributed by atoms with Crippen LogP contribution < -0.4 is 9.64 Å². The highest BCUT2D eigenvalue weighted by Crippen LogP contribution is 2.39. The van der Waals surface area contributed by atoms with Gasteiger partial charge in [-0.2, -0.15) is 5.10 Å². The number of benzene rings is 1. The van der Waals surface area contributed by atoms with Crippen molar-refractivity contribution < 1.29 is 9.53 Å². The molecule has 0 saturated carbocycles. The molecule has 5 nitrogen and oxygen atoms in total. The molecule has 0 aliphatic carbocycles. The molecule has 0 unspecified atom stereocenters. The van der Waals surface area contributed by atoms with Gasteiger partial charge >= 0.3 is 0 Å². The number of hydrogen-bond acceptors (Lipinski definition) is 3. The molecule has 1 aliphatic heterocycles. The van der Waals surface area contributed by atoms with E-state index in [1.54, 1.807) is 0 Å². The van der Waals surface area contributed by atoms with Crippen molar-refractivity contribution in [2.75, 3.05) is 11.4 Å². The van der Waals surface area contributed by atoms with Crippen LogP contribution in [0, 0.1) is 13.8 Å². The summed E-state index contributed by atoms with van der Waals surface area (Å²) < 4.78 is 8.80. The van der Waals surface area contributed by atoms with Crippen LogP contribution in [-0.2, 0) is 18.3 Å². The maximum atomic E-state index is 13.0. The smallest absolute Gasteiger partial charge is 0.231 e. The van der Waals surface area contributed by atoms with Gasteiger partial charge in [0.1, 0.15) is 11.4 Å². The van der Waals surface area contributed by atoms with E-state index in [4.69, 9.17) is 4.74 Å². The molecule has 24 heavy (non-hydrogen) atoms. The lowest BCUT2D eigenvalue weighted by atomic mass is 10.0. The molecule has 128 valence electrons. The fraction of sp³-hybridized carbons (Fsp3) is 0.444. The fourth-order valence-electron chi connectivity index (χ4n) is 3.13. The van der Waals surface area contributed by atoms with E-state index in [-0.39, 0.29) is 5.91 Å². The van der Waals surface area contributed by atoms with Crippen LogP contribution >= 0.6 is 15.9 Å². The highest BCUT2D eigenvalue weighted by molar-refractivity contribution is 9.10. The maximum absolute atomic E-state index is 13.0. The lowest BCUT2D eigenvalue weighted by Crippen LogP contribution is -2.49. The summed E-state index contributed by atoms with van der Waals surface area (Å²) in [6.45, 7) is 8.47. The maximum Gasteiger partial charge on any atom is 0.231 e. The molecule has 0 fully saturated rings. The van der Waals surface area contributed by atoms with Crippen molar-refractivity contribution in [3.63, 3.8) is 0 Å². The summed E-state index contributed by atoms with van der Waals surface area (Å²) in [6.07, 6.45) is 0.344. The molecule has 0 saturated heterocycles. The van der Waals surface area contributed by atoms with Gasteiger partial charge < -0.3 is 9.64 Å². The molecule has 1 aliphatic rings. The van der Waals surface area contributed by atoms with Crippen molar-refractivity contribution in [2.45, 2.75) is 39.7 Å². The number of carbonyl (C=O) groups excluding carboxylic acids is 1. The van der Waals surface area contributed by atoms with Crippen LogP contribution in [0.4, 0.5) is 5.69 Å². The summed E-state index contributed by atoms with van der Waals surface area (Å²) in [5, 5.41) is 4.41. The first-order chi connectivity index (χ1) is 11.2. The van der Waals surface area contributed by atoms with Gasteiger partial charge in [-0.25, -0.2) is 0 Å². The Morgan fingerprint density at radius 3 is 2.71 bits per heavy atom. The Kier molecular flexibility index (Phi) is 4.20. The second kappa shape index (κ2) is 5.92. The molecular weight excluding hydrogens is 370 g/mol. The molecule has 2 heterocycles. The van der Waals surface area contributed by atoms with Crippen LogP contribution in [-0.4, -0.2) is 27.8 Å². The molecule has 1 aromatic carbocycles. The van der Waals surface area contributed by atoms with Crippen molar-refractivity contribution in [3.8, 4) is 5.75 Å². The second-order valence-corrected chi connectivity index (χ2v) is 7.82. The van der Waals surface area contributed by atoms with Crippen molar-refractivity contribution in [1.82, 2.24) is 9.78 Å². The van der Waals surface area contributed by atoms with Crippen LogP contribution in [0.2, 0.25) is 0 Å². The monoisotopic (exact) mass is 391 g/mol. The van der Waals surface area contributed by atoms with Gasteiger partial charge in [0.2, 0.25) is 5.91 Å². The number of aromatic nitrogens is 2. The van der Waals surface area contributed by atoms with Gasteiger partial charge in [0, 0.05) is 22.8 Å². The minimum Gasteiger partial charge on any atom is -0.484 e. The number of fused-ring (bicyclic) bond motifs is 1. The highest BCUT2D eigenvalue weighted by Gasteiger charge is 2.35. The van der Waals surface area contributed by atoms with E-state index in [9.17, 15) is 4.79 Å². The predicted octanol–water partition coefficient (Wildman–Crippen LogP) is 3.55.